The van der Waals surface area contributed by atoms with E-state index in [1.165, 1.54) is 0 Å². The summed E-state index contributed by atoms with van der Waals surface area (Å²) in [6.45, 7) is 6.94. The Morgan fingerprint density at radius 3 is 2.53 bits per heavy atom. The summed E-state index contributed by atoms with van der Waals surface area (Å²) in [5.74, 6) is 0.834. The minimum atomic E-state index is -0.672. The molecule has 13 nitrogen and oxygen atoms in total. The highest BCUT2D eigenvalue weighted by Gasteiger charge is 2.47. The van der Waals surface area contributed by atoms with Crippen LogP contribution < -0.4 is 10.2 Å². The summed E-state index contributed by atoms with van der Waals surface area (Å²) in [5, 5.41) is 3.99. The fraction of sp³-hybridized carbons (Fsp3) is 0.562. The normalized spacial score (nSPS) is 20.9. The first-order valence-corrected chi connectivity index (χ1v) is 15.7. The summed E-state index contributed by atoms with van der Waals surface area (Å²) < 4.78 is 13.6. The smallest absolute Gasteiger partial charge is 0.415 e. The van der Waals surface area contributed by atoms with Gasteiger partial charge in [0.05, 0.1) is 18.4 Å². The fourth-order valence-electron chi connectivity index (χ4n) is 6.49. The van der Waals surface area contributed by atoms with Gasteiger partial charge in [0.15, 0.2) is 0 Å². The van der Waals surface area contributed by atoms with E-state index >= 15 is 0 Å². The number of pyridine rings is 1. The Morgan fingerprint density at radius 1 is 1.07 bits per heavy atom. The van der Waals surface area contributed by atoms with Crippen LogP contribution in [0.1, 0.15) is 82.2 Å². The molecule has 1 atom stereocenters. The van der Waals surface area contributed by atoms with Crippen LogP contribution in [0.3, 0.4) is 0 Å². The molecule has 1 saturated carbocycles. The van der Waals surface area contributed by atoms with Crippen molar-refractivity contribution < 1.29 is 23.9 Å². The van der Waals surface area contributed by atoms with Crippen molar-refractivity contribution >= 4 is 46.6 Å². The second-order valence-electron chi connectivity index (χ2n) is 13.5. The van der Waals surface area contributed by atoms with Crippen molar-refractivity contribution in [2.75, 3.05) is 43.9 Å². The van der Waals surface area contributed by atoms with Crippen LogP contribution in [0.25, 0.3) is 11.0 Å². The van der Waals surface area contributed by atoms with Gasteiger partial charge in [0.1, 0.15) is 28.4 Å². The van der Waals surface area contributed by atoms with Crippen molar-refractivity contribution in [2.24, 2.45) is 0 Å². The quantitative estimate of drug-likeness (QED) is 0.393. The average Bonchev–Trinajstić information content (AvgIpc) is 3.67. The van der Waals surface area contributed by atoms with Crippen molar-refractivity contribution in [1.82, 2.24) is 29.3 Å². The molecule has 2 aliphatic heterocycles. The molecule has 1 spiro atoms. The largest absolute Gasteiger partial charge is 0.444 e. The molecule has 240 valence electrons. The Bertz CT molecular complexity index is 1590. The van der Waals surface area contributed by atoms with Gasteiger partial charge in [-0.15, -0.1) is 0 Å². The van der Waals surface area contributed by atoms with Gasteiger partial charge in [0, 0.05) is 51.2 Å². The molecule has 1 aliphatic carbocycles. The van der Waals surface area contributed by atoms with Crippen molar-refractivity contribution in [3.8, 4) is 0 Å². The summed E-state index contributed by atoms with van der Waals surface area (Å²) in [6.07, 6.45) is 8.76. The molecule has 0 bridgehead atoms. The molecule has 13 heteroatoms. The van der Waals surface area contributed by atoms with Crippen LogP contribution in [0, 0.1) is 0 Å². The number of nitrogens with one attached hydrogen (secondary N) is 1. The van der Waals surface area contributed by atoms with E-state index in [-0.39, 0.29) is 18.0 Å². The van der Waals surface area contributed by atoms with Gasteiger partial charge in [-0.25, -0.2) is 19.6 Å². The summed E-state index contributed by atoms with van der Waals surface area (Å²) in [6, 6.07) is 5.68. The SMILES string of the molecule is CN(C)C(=O)c1cc2cnc(Nc3ccc(N4C[C@@]5(CCCN(C(=O)OC(C)(C)C)CC5)OC4=O)cn3)nc2n1C1CCCC1. The van der Waals surface area contributed by atoms with Gasteiger partial charge in [0.2, 0.25) is 5.95 Å². The fourth-order valence-corrected chi connectivity index (χ4v) is 6.49. The number of carbonyl (C=O) groups excluding carboxylic acids is 3. The first-order valence-electron chi connectivity index (χ1n) is 15.7. The second kappa shape index (κ2) is 11.8. The lowest BCUT2D eigenvalue weighted by Gasteiger charge is -2.27. The van der Waals surface area contributed by atoms with Crippen LogP contribution in [0.5, 0.6) is 0 Å². The molecule has 3 aromatic rings. The van der Waals surface area contributed by atoms with E-state index in [9.17, 15) is 14.4 Å². The molecule has 3 amide bonds. The first-order chi connectivity index (χ1) is 21.4. The van der Waals surface area contributed by atoms with Gasteiger partial charge in [-0.2, -0.15) is 4.98 Å². The van der Waals surface area contributed by atoms with Crippen molar-refractivity contribution in [3.05, 3.63) is 36.3 Å². The Kier molecular flexibility index (Phi) is 8.04. The predicted molar refractivity (Wildman–Crippen MR) is 169 cm³/mol. The van der Waals surface area contributed by atoms with E-state index in [1.807, 2.05) is 32.9 Å². The van der Waals surface area contributed by atoms with E-state index in [0.717, 1.165) is 36.7 Å². The highest BCUT2D eigenvalue weighted by atomic mass is 16.6. The topological polar surface area (TPSA) is 135 Å². The third kappa shape index (κ3) is 6.38. The Morgan fingerprint density at radius 2 is 1.84 bits per heavy atom. The maximum atomic E-state index is 13.0. The van der Waals surface area contributed by atoms with Crippen LogP contribution in [-0.2, 0) is 9.47 Å². The minimum absolute atomic E-state index is 0.0573. The van der Waals surface area contributed by atoms with Gasteiger partial charge in [-0.3, -0.25) is 9.69 Å². The monoisotopic (exact) mass is 618 g/mol. The number of hydrogen-bond acceptors (Lipinski definition) is 9. The Hall–Kier alpha value is -4.42. The van der Waals surface area contributed by atoms with Crippen molar-refractivity contribution in [2.45, 2.75) is 83.0 Å². The maximum Gasteiger partial charge on any atom is 0.415 e. The van der Waals surface area contributed by atoms with Gasteiger partial charge in [0.25, 0.3) is 5.91 Å². The number of likely N-dealkylation sites (tertiary alicyclic amines) is 1. The first kappa shape index (κ1) is 30.6. The lowest BCUT2D eigenvalue weighted by atomic mass is 9.95. The van der Waals surface area contributed by atoms with Crippen LogP contribution in [-0.4, -0.2) is 92.3 Å². The molecule has 2 saturated heterocycles. The Labute approximate surface area is 262 Å². The van der Waals surface area contributed by atoms with E-state index in [2.05, 4.69) is 19.9 Å². The minimum Gasteiger partial charge on any atom is -0.444 e. The lowest BCUT2D eigenvalue weighted by molar-refractivity contribution is 0.0217. The zero-order valence-electron chi connectivity index (χ0n) is 26.7. The second-order valence-corrected chi connectivity index (χ2v) is 13.5. The number of ether oxygens (including phenoxy) is 2. The van der Waals surface area contributed by atoms with Gasteiger partial charge < -0.3 is 29.2 Å². The molecule has 3 aliphatic rings. The van der Waals surface area contributed by atoms with Crippen molar-refractivity contribution in [3.63, 3.8) is 0 Å². The van der Waals surface area contributed by atoms with Crippen LogP contribution in [0.15, 0.2) is 30.6 Å². The number of amides is 3. The summed E-state index contributed by atoms with van der Waals surface area (Å²) in [4.78, 5) is 57.3. The number of fused-ring (bicyclic) bond motifs is 1. The number of carbonyl (C=O) groups is 3. The lowest BCUT2D eigenvalue weighted by Crippen LogP contribution is -2.39. The molecule has 6 rings (SSSR count). The molecule has 0 radical (unpaired) electrons. The summed E-state index contributed by atoms with van der Waals surface area (Å²) >= 11 is 0. The number of nitrogens with zero attached hydrogens (tertiary/aromatic N) is 7. The molecule has 45 heavy (non-hydrogen) atoms. The third-order valence-corrected chi connectivity index (χ3v) is 8.71. The maximum absolute atomic E-state index is 13.0. The molecule has 0 unspecified atom stereocenters. The molecule has 3 aromatic heterocycles. The van der Waals surface area contributed by atoms with Gasteiger partial charge >= 0.3 is 12.2 Å². The molecular weight excluding hydrogens is 576 g/mol. The number of rotatable bonds is 5. The Balaban J connectivity index is 1.15. The van der Waals surface area contributed by atoms with E-state index in [1.54, 1.807) is 47.3 Å². The molecule has 1 N–H and O–H groups in total. The number of hydrogen-bond donors (Lipinski definition) is 1. The van der Waals surface area contributed by atoms with E-state index in [4.69, 9.17) is 14.5 Å². The molecular formula is C32H42N8O5. The van der Waals surface area contributed by atoms with Crippen LogP contribution in [0.4, 0.5) is 27.0 Å². The molecule has 0 aromatic carbocycles. The molecule has 5 heterocycles. The number of anilines is 3. The zero-order valence-corrected chi connectivity index (χ0v) is 26.7. The van der Waals surface area contributed by atoms with Gasteiger partial charge in [-0.05, 0) is 64.7 Å². The van der Waals surface area contributed by atoms with Crippen LogP contribution in [0.2, 0.25) is 0 Å². The standard InChI is InChI=1S/C32H42N8O5/c1-31(2,3)44-29(42)38-15-8-13-32(14-16-38)20-39(30(43)45-32)23-11-12-25(33-19-23)35-28-34-18-21-17-24(27(41)37(4)5)40(26(21)36-28)22-9-6-7-10-22/h11-12,17-19,22H,6-10,13-16,20H2,1-5H3,(H,33,34,35,36)/t32-/m0/s1. The summed E-state index contributed by atoms with van der Waals surface area (Å²) in [7, 11) is 3.51. The third-order valence-electron chi connectivity index (χ3n) is 8.71. The highest BCUT2D eigenvalue weighted by molar-refractivity contribution is 5.98. The number of aromatic nitrogens is 4. The van der Waals surface area contributed by atoms with Crippen molar-refractivity contribution in [1.29, 1.82) is 0 Å². The van der Waals surface area contributed by atoms with E-state index in [0.29, 0.717) is 62.0 Å². The van der Waals surface area contributed by atoms with E-state index < -0.39 is 17.3 Å². The average molecular weight is 619 g/mol. The highest BCUT2D eigenvalue weighted by Crippen LogP contribution is 2.37. The molecule has 3 fully saturated rings. The summed E-state index contributed by atoms with van der Waals surface area (Å²) in [5.41, 5.74) is 0.724. The zero-order chi connectivity index (χ0) is 31.9. The van der Waals surface area contributed by atoms with Gasteiger partial charge in [-0.1, -0.05) is 12.8 Å². The predicted octanol–water partition coefficient (Wildman–Crippen LogP) is 5.50. The van der Waals surface area contributed by atoms with Crippen LogP contribution >= 0.6 is 0 Å².